The summed E-state index contributed by atoms with van der Waals surface area (Å²) in [5.74, 6) is 1.34. The molecule has 0 aliphatic heterocycles. The van der Waals surface area contributed by atoms with Crippen LogP contribution < -0.4 is 10.1 Å². The second-order valence-electron chi connectivity index (χ2n) is 3.48. The van der Waals surface area contributed by atoms with Gasteiger partial charge in [-0.05, 0) is 5.56 Å². The van der Waals surface area contributed by atoms with E-state index in [-0.39, 0.29) is 0 Å². The van der Waals surface area contributed by atoms with Gasteiger partial charge in [0.25, 0.3) is 0 Å². The summed E-state index contributed by atoms with van der Waals surface area (Å²) in [6.07, 6.45) is 3.88. The average Bonchev–Trinajstić information content (AvgIpc) is 2.88. The second-order valence-corrected chi connectivity index (χ2v) is 3.48. The van der Waals surface area contributed by atoms with Crippen molar-refractivity contribution < 1.29 is 9.26 Å². The van der Waals surface area contributed by atoms with Gasteiger partial charge in [-0.15, -0.1) is 0 Å². The van der Waals surface area contributed by atoms with Crippen LogP contribution >= 0.6 is 0 Å². The molecule has 2 rings (SSSR count). The largest absolute Gasteiger partial charge is 0.481 e. The minimum Gasteiger partial charge on any atom is -0.481 e. The zero-order chi connectivity index (χ0) is 11.9. The molecule has 0 spiro atoms. The van der Waals surface area contributed by atoms with Gasteiger partial charge in [0, 0.05) is 31.8 Å². The molecule has 1 N–H and O–H groups in total. The van der Waals surface area contributed by atoms with Gasteiger partial charge in [-0.3, -0.25) is 0 Å². The fourth-order valence-corrected chi connectivity index (χ4v) is 1.37. The maximum absolute atomic E-state index is 4.99. The molecule has 0 aliphatic rings. The highest BCUT2D eigenvalue weighted by atomic mass is 16.5. The minimum absolute atomic E-state index is 0.626. The van der Waals surface area contributed by atoms with E-state index in [0.717, 1.165) is 25.1 Å². The van der Waals surface area contributed by atoms with E-state index in [4.69, 9.17) is 4.74 Å². The van der Waals surface area contributed by atoms with E-state index >= 15 is 0 Å². The Labute approximate surface area is 99.0 Å². The summed E-state index contributed by atoms with van der Waals surface area (Å²) in [7, 11) is 1.60. The number of nitrogens with one attached hydrogen (secondary N) is 1. The smallest absolute Gasteiger partial charge is 0.213 e. The predicted octanol–water partition coefficient (Wildman–Crippen LogP) is 0.806. The van der Waals surface area contributed by atoms with Gasteiger partial charge in [-0.2, -0.15) is 4.98 Å². The Morgan fingerprint density at radius 3 is 2.94 bits per heavy atom. The van der Waals surface area contributed by atoms with Crippen LogP contribution in [0.5, 0.6) is 5.88 Å². The Morgan fingerprint density at radius 2 is 2.29 bits per heavy atom. The van der Waals surface area contributed by atoms with Gasteiger partial charge in [-0.25, -0.2) is 4.98 Å². The van der Waals surface area contributed by atoms with Crippen molar-refractivity contribution in [3.8, 4) is 5.88 Å². The van der Waals surface area contributed by atoms with E-state index in [2.05, 4.69) is 25.0 Å². The molecule has 0 aliphatic carbocycles. The SMILES string of the molecule is COc1ccc(CNCCc2ncon2)cn1. The third-order valence-corrected chi connectivity index (χ3v) is 2.27. The summed E-state index contributed by atoms with van der Waals surface area (Å²) < 4.78 is 9.63. The number of hydrogen-bond acceptors (Lipinski definition) is 6. The maximum atomic E-state index is 4.99. The first-order valence-electron chi connectivity index (χ1n) is 5.33. The Bertz CT molecular complexity index is 427. The summed E-state index contributed by atoms with van der Waals surface area (Å²) in [5, 5.41) is 7.00. The van der Waals surface area contributed by atoms with Crippen molar-refractivity contribution in [2.24, 2.45) is 0 Å². The Balaban J connectivity index is 1.70. The molecule has 0 atom stereocenters. The molecule has 0 amide bonds. The number of rotatable bonds is 6. The number of pyridine rings is 1. The molecule has 90 valence electrons. The monoisotopic (exact) mass is 234 g/mol. The lowest BCUT2D eigenvalue weighted by Gasteiger charge is -2.03. The highest BCUT2D eigenvalue weighted by Crippen LogP contribution is 2.06. The molecule has 2 aromatic rings. The topological polar surface area (TPSA) is 73.1 Å². The molecule has 0 fully saturated rings. The molecule has 0 saturated heterocycles. The van der Waals surface area contributed by atoms with Crippen molar-refractivity contribution >= 4 is 0 Å². The van der Waals surface area contributed by atoms with Crippen LogP contribution in [0.2, 0.25) is 0 Å². The fraction of sp³-hybridized carbons (Fsp3) is 0.364. The van der Waals surface area contributed by atoms with E-state index in [1.807, 2.05) is 12.1 Å². The summed E-state index contributed by atoms with van der Waals surface area (Å²) in [5.41, 5.74) is 1.11. The van der Waals surface area contributed by atoms with Crippen LogP contribution in [0.3, 0.4) is 0 Å². The quantitative estimate of drug-likeness (QED) is 0.745. The van der Waals surface area contributed by atoms with Crippen LogP contribution in [0.15, 0.2) is 29.2 Å². The molecule has 2 heterocycles. The molecule has 0 bridgehead atoms. The summed E-state index contributed by atoms with van der Waals surface area (Å²) in [4.78, 5) is 8.06. The Kier molecular flexibility index (Phi) is 4.04. The zero-order valence-electron chi connectivity index (χ0n) is 9.59. The standard InChI is InChI=1S/C11H14N4O2/c1-16-11-3-2-9(7-13-11)6-12-5-4-10-14-8-17-15-10/h2-3,7-8,12H,4-6H2,1H3. The third-order valence-electron chi connectivity index (χ3n) is 2.27. The van der Waals surface area contributed by atoms with Gasteiger partial charge >= 0.3 is 0 Å². The number of aromatic nitrogens is 3. The lowest BCUT2D eigenvalue weighted by Crippen LogP contribution is -2.17. The number of nitrogens with zero attached hydrogens (tertiary/aromatic N) is 3. The van der Waals surface area contributed by atoms with Crippen LogP contribution in [0.1, 0.15) is 11.4 Å². The predicted molar refractivity (Wildman–Crippen MR) is 60.5 cm³/mol. The molecular weight excluding hydrogens is 220 g/mol. The minimum atomic E-state index is 0.626. The van der Waals surface area contributed by atoms with Crippen molar-refractivity contribution in [2.45, 2.75) is 13.0 Å². The van der Waals surface area contributed by atoms with Crippen molar-refractivity contribution in [1.82, 2.24) is 20.4 Å². The molecule has 6 heteroatoms. The summed E-state index contributed by atoms with van der Waals surface area (Å²) >= 11 is 0. The number of hydrogen-bond donors (Lipinski definition) is 1. The van der Waals surface area contributed by atoms with E-state index < -0.39 is 0 Å². The summed E-state index contributed by atoms with van der Waals surface area (Å²) in [6, 6.07) is 3.82. The molecule has 0 saturated carbocycles. The Hall–Kier alpha value is -1.95. The molecule has 0 aromatic carbocycles. The fourth-order valence-electron chi connectivity index (χ4n) is 1.37. The molecule has 0 radical (unpaired) electrons. The van der Waals surface area contributed by atoms with Crippen LogP contribution in [0.4, 0.5) is 0 Å². The first kappa shape index (κ1) is 11.5. The molecular formula is C11H14N4O2. The second kappa shape index (κ2) is 5.95. The lowest BCUT2D eigenvalue weighted by molar-refractivity contribution is 0.397. The number of methoxy groups -OCH3 is 1. The Morgan fingerprint density at radius 1 is 1.35 bits per heavy atom. The van der Waals surface area contributed by atoms with Gasteiger partial charge < -0.3 is 14.6 Å². The van der Waals surface area contributed by atoms with Crippen LogP contribution in [0.25, 0.3) is 0 Å². The molecule has 2 aromatic heterocycles. The third kappa shape index (κ3) is 3.53. The highest BCUT2D eigenvalue weighted by molar-refractivity contribution is 5.17. The highest BCUT2D eigenvalue weighted by Gasteiger charge is 1.98. The lowest BCUT2D eigenvalue weighted by atomic mass is 10.3. The van der Waals surface area contributed by atoms with Gasteiger partial charge in [-0.1, -0.05) is 11.2 Å². The van der Waals surface area contributed by atoms with Crippen LogP contribution in [0, 0.1) is 0 Å². The van der Waals surface area contributed by atoms with Gasteiger partial charge in [0.15, 0.2) is 5.82 Å². The van der Waals surface area contributed by atoms with Crippen molar-refractivity contribution in [3.05, 3.63) is 36.1 Å². The average molecular weight is 234 g/mol. The molecule has 6 nitrogen and oxygen atoms in total. The van der Waals surface area contributed by atoms with E-state index in [1.165, 1.54) is 6.39 Å². The van der Waals surface area contributed by atoms with Gasteiger partial charge in [0.05, 0.1) is 7.11 Å². The first-order chi connectivity index (χ1) is 8.38. The zero-order valence-corrected chi connectivity index (χ0v) is 9.59. The first-order valence-corrected chi connectivity index (χ1v) is 5.33. The van der Waals surface area contributed by atoms with E-state index in [1.54, 1.807) is 13.3 Å². The van der Waals surface area contributed by atoms with Crippen LogP contribution in [-0.2, 0) is 13.0 Å². The van der Waals surface area contributed by atoms with E-state index in [0.29, 0.717) is 11.7 Å². The number of ether oxygens (including phenoxy) is 1. The van der Waals surface area contributed by atoms with Gasteiger partial charge in [0.1, 0.15) is 0 Å². The van der Waals surface area contributed by atoms with Crippen molar-refractivity contribution in [2.75, 3.05) is 13.7 Å². The molecule has 0 unspecified atom stereocenters. The maximum Gasteiger partial charge on any atom is 0.213 e. The molecule has 17 heavy (non-hydrogen) atoms. The van der Waals surface area contributed by atoms with E-state index in [9.17, 15) is 0 Å². The van der Waals surface area contributed by atoms with Crippen molar-refractivity contribution in [1.29, 1.82) is 0 Å². The van der Waals surface area contributed by atoms with Gasteiger partial charge in [0.2, 0.25) is 12.3 Å². The van der Waals surface area contributed by atoms with Crippen LogP contribution in [-0.4, -0.2) is 28.8 Å². The summed E-state index contributed by atoms with van der Waals surface area (Å²) in [6.45, 7) is 1.56. The normalized spacial score (nSPS) is 10.4. The van der Waals surface area contributed by atoms with Crippen molar-refractivity contribution in [3.63, 3.8) is 0 Å².